The highest BCUT2D eigenvalue weighted by Crippen LogP contribution is 2.45. The van der Waals surface area contributed by atoms with Crippen LogP contribution in [0.15, 0.2) is 188 Å². The molecule has 0 amide bonds. The Balaban J connectivity index is 1.10. The van der Waals surface area contributed by atoms with Crippen LogP contribution in [0.3, 0.4) is 0 Å². The second-order valence-corrected chi connectivity index (χ2v) is 14.7. The lowest BCUT2D eigenvalue weighted by Crippen LogP contribution is -1.92. The third-order valence-electron chi connectivity index (χ3n) is 10.8. The first-order valence-electron chi connectivity index (χ1n) is 17.8. The smallest absolute Gasteiger partial charge is 0.0555 e. The summed E-state index contributed by atoms with van der Waals surface area (Å²) in [6, 6.07) is 69.1. The molecule has 2 heterocycles. The summed E-state index contributed by atoms with van der Waals surface area (Å²) in [7, 11) is 0. The Kier molecular flexibility index (Phi) is 6.49. The molecule has 0 spiro atoms. The standard InChI is InChI=1S/C50H31NS/c1-3-14-32(15-4-1)49-38-21-7-9-23-40(38)50(41-24-10-8-22-39(41)49)35-17-13-16-33(28-35)34-26-27-47-43(29-34)44-30-42-37-20-11-12-25-45(37)51(36-18-5-2-6-19-36)46(42)31-48(44)52-47/h1-31H. The number of aromatic nitrogens is 1. The van der Waals surface area contributed by atoms with Crippen LogP contribution in [0.2, 0.25) is 0 Å². The Bertz CT molecular complexity index is 3110. The van der Waals surface area contributed by atoms with Crippen LogP contribution in [-0.2, 0) is 0 Å². The van der Waals surface area contributed by atoms with Gasteiger partial charge in [-0.05, 0) is 103 Å². The molecule has 2 aromatic heterocycles. The van der Waals surface area contributed by atoms with Crippen LogP contribution in [0.5, 0.6) is 0 Å². The van der Waals surface area contributed by atoms with Gasteiger partial charge in [0.1, 0.15) is 0 Å². The lowest BCUT2D eigenvalue weighted by molar-refractivity contribution is 1.18. The van der Waals surface area contributed by atoms with Gasteiger partial charge in [0.25, 0.3) is 0 Å². The highest BCUT2D eigenvalue weighted by atomic mass is 32.1. The van der Waals surface area contributed by atoms with Gasteiger partial charge in [-0.1, -0.05) is 140 Å². The maximum atomic E-state index is 2.43. The fourth-order valence-electron chi connectivity index (χ4n) is 8.48. The van der Waals surface area contributed by atoms with E-state index in [9.17, 15) is 0 Å². The van der Waals surface area contributed by atoms with Crippen molar-refractivity contribution < 1.29 is 0 Å². The molecule has 0 aliphatic rings. The van der Waals surface area contributed by atoms with Gasteiger partial charge in [-0.3, -0.25) is 0 Å². The summed E-state index contributed by atoms with van der Waals surface area (Å²) in [5.74, 6) is 0. The zero-order valence-corrected chi connectivity index (χ0v) is 29.1. The molecule has 0 unspecified atom stereocenters. The van der Waals surface area contributed by atoms with Crippen molar-refractivity contribution in [2.24, 2.45) is 0 Å². The van der Waals surface area contributed by atoms with Crippen molar-refractivity contribution in [2.75, 3.05) is 0 Å². The summed E-state index contributed by atoms with van der Waals surface area (Å²) in [4.78, 5) is 0. The molecule has 0 aliphatic heterocycles. The molecule has 242 valence electrons. The Morgan fingerprint density at radius 3 is 1.54 bits per heavy atom. The van der Waals surface area contributed by atoms with E-state index in [0.29, 0.717) is 0 Å². The number of para-hydroxylation sites is 2. The van der Waals surface area contributed by atoms with E-state index < -0.39 is 0 Å². The minimum Gasteiger partial charge on any atom is -0.309 e. The fourth-order valence-corrected chi connectivity index (χ4v) is 9.58. The van der Waals surface area contributed by atoms with Crippen LogP contribution in [0.4, 0.5) is 0 Å². The first-order valence-corrected chi connectivity index (χ1v) is 18.7. The fraction of sp³-hybridized carbons (Fsp3) is 0. The van der Waals surface area contributed by atoms with Gasteiger partial charge in [0, 0.05) is 36.6 Å². The molecule has 0 radical (unpaired) electrons. The van der Waals surface area contributed by atoms with Gasteiger partial charge < -0.3 is 4.57 Å². The molecule has 2 heteroatoms. The molecule has 0 atom stereocenters. The van der Waals surface area contributed by atoms with Crippen LogP contribution in [0, 0.1) is 0 Å². The van der Waals surface area contributed by atoms with Gasteiger partial charge in [-0.25, -0.2) is 0 Å². The maximum absolute atomic E-state index is 2.43. The zero-order chi connectivity index (χ0) is 34.2. The monoisotopic (exact) mass is 677 g/mol. The lowest BCUT2D eigenvalue weighted by Gasteiger charge is -2.18. The Hall–Kier alpha value is -6.48. The third-order valence-corrected chi connectivity index (χ3v) is 11.9. The van der Waals surface area contributed by atoms with Gasteiger partial charge in [0.2, 0.25) is 0 Å². The average molecular weight is 678 g/mol. The van der Waals surface area contributed by atoms with Crippen molar-refractivity contribution in [3.63, 3.8) is 0 Å². The summed E-state index contributed by atoms with van der Waals surface area (Å²) < 4.78 is 5.03. The second kappa shape index (κ2) is 11.5. The quantitative estimate of drug-likeness (QED) is 0.163. The molecular weight excluding hydrogens is 647 g/mol. The van der Waals surface area contributed by atoms with Crippen molar-refractivity contribution in [3.8, 4) is 39.1 Å². The van der Waals surface area contributed by atoms with Crippen LogP contribution >= 0.6 is 11.3 Å². The summed E-state index contributed by atoms with van der Waals surface area (Å²) in [6.45, 7) is 0. The van der Waals surface area contributed by atoms with E-state index in [0.717, 1.165) is 0 Å². The zero-order valence-electron chi connectivity index (χ0n) is 28.3. The second-order valence-electron chi connectivity index (χ2n) is 13.7. The van der Waals surface area contributed by atoms with Gasteiger partial charge in [0.15, 0.2) is 0 Å². The van der Waals surface area contributed by atoms with E-state index >= 15 is 0 Å². The first kappa shape index (κ1) is 29.3. The average Bonchev–Trinajstić information content (AvgIpc) is 3.74. The molecule has 0 bridgehead atoms. The molecular formula is C50H31NS. The van der Waals surface area contributed by atoms with Crippen molar-refractivity contribution in [3.05, 3.63) is 188 Å². The van der Waals surface area contributed by atoms with Gasteiger partial charge in [0.05, 0.1) is 11.0 Å². The minimum atomic E-state index is 1.19. The first-order chi connectivity index (χ1) is 25.8. The Labute approximate surface area is 305 Å². The third kappa shape index (κ3) is 4.41. The topological polar surface area (TPSA) is 4.93 Å². The van der Waals surface area contributed by atoms with E-state index in [2.05, 4.69) is 193 Å². The molecule has 1 nitrogen and oxygen atoms in total. The summed E-state index contributed by atoms with van der Waals surface area (Å²) >= 11 is 1.88. The predicted octanol–water partition coefficient (Wildman–Crippen LogP) is 14.5. The lowest BCUT2D eigenvalue weighted by atomic mass is 9.85. The van der Waals surface area contributed by atoms with E-state index in [-0.39, 0.29) is 0 Å². The Morgan fingerprint density at radius 2 is 0.827 bits per heavy atom. The molecule has 0 N–H and O–H groups in total. The molecule has 52 heavy (non-hydrogen) atoms. The Morgan fingerprint density at radius 1 is 0.288 bits per heavy atom. The molecule has 0 aliphatic carbocycles. The van der Waals surface area contributed by atoms with Crippen molar-refractivity contribution in [1.82, 2.24) is 4.57 Å². The predicted molar refractivity (Wildman–Crippen MR) is 225 cm³/mol. The maximum Gasteiger partial charge on any atom is 0.0555 e. The molecule has 0 saturated carbocycles. The number of benzene rings is 9. The highest BCUT2D eigenvalue weighted by Gasteiger charge is 2.18. The van der Waals surface area contributed by atoms with Crippen LogP contribution in [-0.4, -0.2) is 4.57 Å². The molecule has 9 aromatic carbocycles. The van der Waals surface area contributed by atoms with Crippen molar-refractivity contribution in [1.29, 1.82) is 0 Å². The largest absolute Gasteiger partial charge is 0.309 e. The van der Waals surface area contributed by atoms with Crippen molar-refractivity contribution >= 4 is 74.9 Å². The van der Waals surface area contributed by atoms with Crippen molar-refractivity contribution in [2.45, 2.75) is 0 Å². The number of nitrogens with zero attached hydrogens (tertiary/aromatic N) is 1. The number of hydrogen-bond acceptors (Lipinski definition) is 1. The van der Waals surface area contributed by atoms with Crippen LogP contribution in [0.25, 0.3) is 103 Å². The highest BCUT2D eigenvalue weighted by molar-refractivity contribution is 7.25. The number of hydrogen-bond donors (Lipinski definition) is 0. The molecule has 11 aromatic rings. The normalized spacial score (nSPS) is 11.8. The van der Waals surface area contributed by atoms with E-state index in [1.165, 1.54) is 103 Å². The number of thiophene rings is 1. The van der Waals surface area contributed by atoms with E-state index in [4.69, 9.17) is 0 Å². The van der Waals surface area contributed by atoms with Crippen LogP contribution in [0.1, 0.15) is 0 Å². The van der Waals surface area contributed by atoms with Gasteiger partial charge in [-0.2, -0.15) is 0 Å². The van der Waals surface area contributed by atoms with Crippen LogP contribution < -0.4 is 0 Å². The van der Waals surface area contributed by atoms with E-state index in [1.807, 2.05) is 11.3 Å². The summed E-state index contributed by atoms with van der Waals surface area (Å²) in [5, 5.41) is 10.3. The van der Waals surface area contributed by atoms with Gasteiger partial charge in [-0.15, -0.1) is 11.3 Å². The summed E-state index contributed by atoms with van der Waals surface area (Å²) in [5.41, 5.74) is 11.2. The summed E-state index contributed by atoms with van der Waals surface area (Å²) in [6.07, 6.45) is 0. The molecule has 0 saturated heterocycles. The van der Waals surface area contributed by atoms with Gasteiger partial charge >= 0.3 is 0 Å². The SMILES string of the molecule is c1ccc(-c2c3ccccc3c(-c3cccc(-c4ccc5sc6cc7c(cc6c5c4)c4ccccc4n7-c4ccccc4)c3)c3ccccc23)cc1. The minimum absolute atomic E-state index is 1.19. The van der Waals surface area contributed by atoms with E-state index in [1.54, 1.807) is 0 Å². The number of fused-ring (bicyclic) bond motifs is 8. The molecule has 11 rings (SSSR count). The molecule has 0 fully saturated rings. The number of rotatable bonds is 4.